The van der Waals surface area contributed by atoms with Crippen LogP contribution < -0.4 is 5.32 Å². The van der Waals surface area contributed by atoms with Crippen molar-refractivity contribution in [3.05, 3.63) is 18.3 Å². The van der Waals surface area contributed by atoms with Crippen LogP contribution in [0.1, 0.15) is 40.0 Å². The van der Waals surface area contributed by atoms with E-state index >= 15 is 0 Å². The minimum absolute atomic E-state index is 0.132. The maximum atomic E-state index is 11.4. The van der Waals surface area contributed by atoms with Gasteiger partial charge < -0.3 is 5.32 Å². The van der Waals surface area contributed by atoms with E-state index in [0.717, 1.165) is 11.6 Å². The molecular weight excluding hydrogens is 284 g/mol. The van der Waals surface area contributed by atoms with Crippen molar-refractivity contribution in [2.75, 3.05) is 11.6 Å². The summed E-state index contributed by atoms with van der Waals surface area (Å²) >= 11 is 0. The Morgan fingerprint density at radius 3 is 2.43 bits per heavy atom. The summed E-state index contributed by atoms with van der Waals surface area (Å²) in [7, 11) is -3.22. The summed E-state index contributed by atoms with van der Waals surface area (Å²) in [6, 6.07) is 3.85. The van der Waals surface area contributed by atoms with Crippen molar-refractivity contribution in [3.8, 4) is 0 Å². The van der Waals surface area contributed by atoms with Crippen LogP contribution in [0.25, 0.3) is 0 Å². The Morgan fingerprint density at radius 2 is 2.00 bits per heavy atom. The molecule has 21 heavy (non-hydrogen) atoms. The lowest BCUT2D eigenvalue weighted by molar-refractivity contribution is 0.142. The first-order valence-electron chi connectivity index (χ1n) is 7.57. The van der Waals surface area contributed by atoms with Crippen LogP contribution in [0.4, 0.5) is 5.69 Å². The fourth-order valence-corrected chi connectivity index (χ4v) is 4.87. The second-order valence-electron chi connectivity index (χ2n) is 7.46. The molecule has 0 aliphatic heterocycles. The van der Waals surface area contributed by atoms with Gasteiger partial charge >= 0.3 is 0 Å². The molecule has 0 aromatic carbocycles. The molecule has 2 aliphatic carbocycles. The molecule has 2 saturated carbocycles. The maximum absolute atomic E-state index is 11.4. The quantitative estimate of drug-likeness (QED) is 0.932. The Labute approximate surface area is 127 Å². The zero-order valence-corrected chi connectivity index (χ0v) is 14.0. The van der Waals surface area contributed by atoms with E-state index in [0.29, 0.717) is 16.9 Å². The topological polar surface area (TPSA) is 59.1 Å². The summed E-state index contributed by atoms with van der Waals surface area (Å²) in [4.78, 5) is 4.06. The SMILES string of the molecule is CC1(C)C2CCC1(C)C(Nc1ccc(S(C)(=O)=O)nc1)C2. The van der Waals surface area contributed by atoms with Crippen molar-refractivity contribution in [1.29, 1.82) is 0 Å². The zero-order valence-electron chi connectivity index (χ0n) is 13.2. The molecule has 1 aromatic rings. The van der Waals surface area contributed by atoms with E-state index in [2.05, 4.69) is 31.1 Å². The predicted octanol–water partition coefficient (Wildman–Crippen LogP) is 3.11. The van der Waals surface area contributed by atoms with Crippen molar-refractivity contribution in [2.45, 2.75) is 51.1 Å². The van der Waals surface area contributed by atoms with Crippen molar-refractivity contribution >= 4 is 15.5 Å². The number of rotatable bonds is 3. The van der Waals surface area contributed by atoms with Gasteiger partial charge in [-0.3, -0.25) is 0 Å². The molecule has 0 spiro atoms. The minimum atomic E-state index is -3.22. The number of anilines is 1. The molecule has 116 valence electrons. The Hall–Kier alpha value is -1.10. The van der Waals surface area contributed by atoms with Crippen LogP contribution in [0.15, 0.2) is 23.4 Å². The zero-order chi connectivity index (χ0) is 15.5. The lowest BCUT2D eigenvalue weighted by atomic mass is 9.69. The molecule has 1 heterocycles. The van der Waals surface area contributed by atoms with Gasteiger partial charge in [0.25, 0.3) is 0 Å². The average molecular weight is 308 g/mol. The van der Waals surface area contributed by atoms with E-state index in [1.165, 1.54) is 25.5 Å². The molecule has 2 bridgehead atoms. The van der Waals surface area contributed by atoms with Gasteiger partial charge in [-0.2, -0.15) is 0 Å². The molecule has 0 amide bonds. The van der Waals surface area contributed by atoms with Crippen molar-refractivity contribution in [3.63, 3.8) is 0 Å². The van der Waals surface area contributed by atoms with Gasteiger partial charge in [-0.15, -0.1) is 0 Å². The highest BCUT2D eigenvalue weighted by molar-refractivity contribution is 7.90. The summed E-state index contributed by atoms with van der Waals surface area (Å²) in [6.45, 7) is 7.16. The van der Waals surface area contributed by atoms with Gasteiger partial charge in [0, 0.05) is 12.3 Å². The first kappa shape index (κ1) is 14.8. The average Bonchev–Trinajstić information content (AvgIpc) is 2.71. The molecule has 4 nitrogen and oxygen atoms in total. The summed E-state index contributed by atoms with van der Waals surface area (Å²) in [5.41, 5.74) is 1.58. The van der Waals surface area contributed by atoms with Gasteiger partial charge in [-0.05, 0) is 48.1 Å². The number of aromatic nitrogens is 1. The number of pyridine rings is 1. The number of hydrogen-bond acceptors (Lipinski definition) is 4. The lowest BCUT2D eigenvalue weighted by Crippen LogP contribution is -2.40. The highest BCUT2D eigenvalue weighted by Crippen LogP contribution is 2.65. The van der Waals surface area contributed by atoms with Crippen molar-refractivity contribution in [1.82, 2.24) is 4.98 Å². The van der Waals surface area contributed by atoms with Crippen molar-refractivity contribution < 1.29 is 8.42 Å². The highest BCUT2D eigenvalue weighted by atomic mass is 32.2. The fourth-order valence-electron chi connectivity index (χ4n) is 4.31. The molecule has 0 radical (unpaired) electrons. The Morgan fingerprint density at radius 1 is 1.29 bits per heavy atom. The van der Waals surface area contributed by atoms with Crippen LogP contribution in [0.3, 0.4) is 0 Å². The Bertz CT molecular complexity index is 651. The standard InChI is InChI=1S/C16H24N2O2S/c1-15(2)11-7-8-16(15,3)13(9-11)18-12-5-6-14(17-10-12)21(4,19)20/h5-6,10-11,13,18H,7-9H2,1-4H3. The Balaban J connectivity index is 1.80. The van der Waals surface area contributed by atoms with Gasteiger partial charge in [-0.25, -0.2) is 13.4 Å². The number of sulfone groups is 1. The fraction of sp³-hybridized carbons (Fsp3) is 0.688. The molecule has 1 aromatic heterocycles. The van der Waals surface area contributed by atoms with Gasteiger partial charge in [0.15, 0.2) is 14.9 Å². The molecule has 5 heteroatoms. The molecule has 3 unspecified atom stereocenters. The number of fused-ring (bicyclic) bond motifs is 2. The number of nitrogens with zero attached hydrogens (tertiary/aromatic N) is 1. The third kappa shape index (κ3) is 2.17. The summed E-state index contributed by atoms with van der Waals surface area (Å²) in [5, 5.41) is 3.72. The first-order chi connectivity index (χ1) is 9.64. The van der Waals surface area contributed by atoms with E-state index in [9.17, 15) is 8.42 Å². The monoisotopic (exact) mass is 308 g/mol. The van der Waals surface area contributed by atoms with Crippen LogP contribution in [0.2, 0.25) is 0 Å². The van der Waals surface area contributed by atoms with Crippen molar-refractivity contribution in [2.24, 2.45) is 16.7 Å². The number of hydrogen-bond donors (Lipinski definition) is 1. The van der Waals surface area contributed by atoms with E-state index < -0.39 is 9.84 Å². The van der Waals surface area contributed by atoms with E-state index in [1.807, 2.05) is 6.07 Å². The van der Waals surface area contributed by atoms with Gasteiger partial charge in [0.2, 0.25) is 0 Å². The number of nitrogens with one attached hydrogen (secondary N) is 1. The normalized spacial score (nSPS) is 34.1. The van der Waals surface area contributed by atoms with E-state index in [4.69, 9.17) is 0 Å². The minimum Gasteiger partial charge on any atom is -0.380 e. The Kier molecular flexibility index (Phi) is 3.14. The molecule has 0 saturated heterocycles. The summed E-state index contributed by atoms with van der Waals surface area (Å²) < 4.78 is 22.9. The van der Waals surface area contributed by atoms with E-state index in [1.54, 1.807) is 12.3 Å². The molecule has 2 fully saturated rings. The highest BCUT2D eigenvalue weighted by Gasteiger charge is 2.61. The predicted molar refractivity (Wildman–Crippen MR) is 84.0 cm³/mol. The van der Waals surface area contributed by atoms with Gasteiger partial charge in [0.05, 0.1) is 11.9 Å². The lowest BCUT2D eigenvalue weighted by Gasteiger charge is -2.39. The molecule has 1 N–H and O–H groups in total. The summed E-state index contributed by atoms with van der Waals surface area (Å²) in [6.07, 6.45) is 6.60. The third-order valence-corrected chi connectivity index (χ3v) is 7.25. The smallest absolute Gasteiger partial charge is 0.192 e. The molecule has 3 rings (SSSR count). The van der Waals surface area contributed by atoms with Crippen LogP contribution >= 0.6 is 0 Å². The van der Waals surface area contributed by atoms with Crippen LogP contribution in [-0.2, 0) is 9.84 Å². The van der Waals surface area contributed by atoms with Gasteiger partial charge in [-0.1, -0.05) is 20.8 Å². The second-order valence-corrected chi connectivity index (χ2v) is 9.43. The first-order valence-corrected chi connectivity index (χ1v) is 9.46. The van der Waals surface area contributed by atoms with Crippen LogP contribution in [0, 0.1) is 16.7 Å². The summed E-state index contributed by atoms with van der Waals surface area (Å²) in [5.74, 6) is 0.781. The maximum Gasteiger partial charge on any atom is 0.192 e. The van der Waals surface area contributed by atoms with Gasteiger partial charge in [0.1, 0.15) is 0 Å². The van der Waals surface area contributed by atoms with E-state index in [-0.39, 0.29) is 5.03 Å². The van der Waals surface area contributed by atoms with Crippen LogP contribution in [0.5, 0.6) is 0 Å². The molecular formula is C16H24N2O2S. The molecule has 3 atom stereocenters. The largest absolute Gasteiger partial charge is 0.380 e. The third-order valence-electron chi connectivity index (χ3n) is 6.25. The molecule has 2 aliphatic rings. The second kappa shape index (κ2) is 4.45. The van der Waals surface area contributed by atoms with Crippen LogP contribution in [-0.4, -0.2) is 25.7 Å².